The zero-order valence-corrected chi connectivity index (χ0v) is 15.2. The summed E-state index contributed by atoms with van der Waals surface area (Å²) in [6, 6.07) is 0. The standard InChI is InChI=1S/C12H24NO2.C2H6O4S/c1-7-11(14)15-10-9-12(3,4)13(5,6)8-2;1-2-6-7(3,4)5/h7H,1,8-10H2,2-6H3;2H2,1H3,(H,3,4,5)/q+1;/p-1. The molecule has 0 fully saturated rings. The molecule has 22 heavy (non-hydrogen) atoms. The van der Waals surface area contributed by atoms with Crippen LogP contribution in [-0.2, 0) is 24.1 Å². The van der Waals surface area contributed by atoms with Crippen molar-refractivity contribution >= 4 is 16.4 Å². The predicted molar refractivity (Wildman–Crippen MR) is 83.8 cm³/mol. The lowest BCUT2D eigenvalue weighted by molar-refractivity contribution is -0.936. The maximum atomic E-state index is 10.9. The van der Waals surface area contributed by atoms with Crippen LogP contribution in [0.15, 0.2) is 12.7 Å². The quantitative estimate of drug-likeness (QED) is 0.218. The van der Waals surface area contributed by atoms with Crippen LogP contribution < -0.4 is 0 Å². The number of hydrogen-bond acceptors (Lipinski definition) is 6. The molecule has 7 nitrogen and oxygen atoms in total. The van der Waals surface area contributed by atoms with Gasteiger partial charge in [-0.2, -0.15) is 0 Å². The van der Waals surface area contributed by atoms with Crippen LogP contribution in [0.4, 0.5) is 0 Å². The molecule has 0 saturated heterocycles. The Kier molecular flexibility index (Phi) is 10.5. The molecule has 0 heterocycles. The first-order chi connectivity index (χ1) is 9.83. The highest BCUT2D eigenvalue weighted by atomic mass is 32.3. The van der Waals surface area contributed by atoms with Crippen molar-refractivity contribution in [1.29, 1.82) is 0 Å². The second kappa shape index (κ2) is 9.94. The van der Waals surface area contributed by atoms with E-state index in [0.29, 0.717) is 6.61 Å². The molecule has 0 atom stereocenters. The highest BCUT2D eigenvalue weighted by molar-refractivity contribution is 7.80. The van der Waals surface area contributed by atoms with Gasteiger partial charge in [0, 0.05) is 12.5 Å². The first kappa shape index (κ1) is 23.3. The number of quaternary nitrogens is 1. The summed E-state index contributed by atoms with van der Waals surface area (Å²) in [6.45, 7) is 12.8. The molecule has 0 bridgehead atoms. The molecular weight excluding hydrogens is 310 g/mol. The average molecular weight is 339 g/mol. The van der Waals surface area contributed by atoms with Crippen LogP contribution in [0.2, 0.25) is 0 Å². The van der Waals surface area contributed by atoms with Gasteiger partial charge in [0.05, 0.1) is 39.4 Å². The minimum atomic E-state index is -4.42. The maximum Gasteiger partial charge on any atom is 0.330 e. The number of ether oxygens (including phenoxy) is 1. The van der Waals surface area contributed by atoms with Crippen molar-refractivity contribution in [3.05, 3.63) is 12.7 Å². The van der Waals surface area contributed by atoms with Crippen molar-refractivity contribution in [1.82, 2.24) is 0 Å². The third-order valence-corrected chi connectivity index (χ3v) is 4.34. The van der Waals surface area contributed by atoms with Gasteiger partial charge in [-0.1, -0.05) is 6.58 Å². The highest BCUT2D eigenvalue weighted by Crippen LogP contribution is 2.23. The molecule has 0 spiro atoms. The third kappa shape index (κ3) is 10.7. The Morgan fingerprint density at radius 2 is 1.82 bits per heavy atom. The van der Waals surface area contributed by atoms with Crippen molar-refractivity contribution in [2.75, 3.05) is 33.9 Å². The van der Waals surface area contributed by atoms with Gasteiger partial charge >= 0.3 is 5.97 Å². The molecule has 8 heteroatoms. The fourth-order valence-electron chi connectivity index (χ4n) is 1.34. The molecule has 0 N–H and O–H groups in total. The van der Waals surface area contributed by atoms with Crippen molar-refractivity contribution in [2.45, 2.75) is 39.7 Å². The van der Waals surface area contributed by atoms with Gasteiger partial charge < -0.3 is 13.8 Å². The molecule has 0 aromatic rings. The summed E-state index contributed by atoms with van der Waals surface area (Å²) >= 11 is 0. The van der Waals surface area contributed by atoms with Crippen LogP contribution >= 0.6 is 0 Å². The van der Waals surface area contributed by atoms with Crippen molar-refractivity contribution < 1.29 is 31.2 Å². The molecule has 0 aromatic carbocycles. The lowest BCUT2D eigenvalue weighted by atomic mass is 9.96. The fraction of sp³-hybridized carbons (Fsp3) is 0.786. The van der Waals surface area contributed by atoms with Crippen LogP contribution in [0.25, 0.3) is 0 Å². The second-order valence-electron chi connectivity index (χ2n) is 5.75. The molecule has 0 unspecified atom stereocenters. The van der Waals surface area contributed by atoms with Gasteiger partial charge in [0.2, 0.25) is 10.4 Å². The highest BCUT2D eigenvalue weighted by Gasteiger charge is 2.34. The SMILES string of the molecule is C=CC(=O)OCCC(C)(C)[N+](C)(C)CC.CCOS(=O)(=O)[O-]. The van der Waals surface area contributed by atoms with E-state index in [9.17, 15) is 17.8 Å². The van der Waals surface area contributed by atoms with E-state index in [1.54, 1.807) is 0 Å². The predicted octanol–water partition coefficient (Wildman–Crippen LogP) is 1.46. The van der Waals surface area contributed by atoms with Gasteiger partial charge in [-0.25, -0.2) is 13.2 Å². The van der Waals surface area contributed by atoms with Crippen LogP contribution in [-0.4, -0.2) is 62.8 Å². The normalized spacial score (nSPS) is 12.1. The molecule has 0 amide bonds. The number of hydrogen-bond donors (Lipinski definition) is 0. The minimum Gasteiger partial charge on any atom is -0.726 e. The Morgan fingerprint density at radius 1 is 1.32 bits per heavy atom. The number of carbonyl (C=O) groups excluding carboxylic acids is 1. The van der Waals surface area contributed by atoms with Gasteiger partial charge in [0.15, 0.2) is 0 Å². The number of esters is 1. The number of rotatable bonds is 8. The molecule has 0 aliphatic rings. The maximum absolute atomic E-state index is 10.9. The van der Waals surface area contributed by atoms with Gasteiger partial charge in [-0.15, -0.1) is 0 Å². The van der Waals surface area contributed by atoms with Crippen LogP contribution in [0.3, 0.4) is 0 Å². The molecule has 0 saturated carbocycles. The molecule has 0 aromatic heterocycles. The molecular formula is C14H29NO6S. The summed E-state index contributed by atoms with van der Waals surface area (Å²) in [4.78, 5) is 10.9. The van der Waals surface area contributed by atoms with E-state index in [1.807, 2.05) is 0 Å². The summed E-state index contributed by atoms with van der Waals surface area (Å²) < 4.78 is 37.9. The van der Waals surface area contributed by atoms with E-state index in [1.165, 1.54) is 13.0 Å². The van der Waals surface area contributed by atoms with E-state index in [2.05, 4.69) is 45.6 Å². The van der Waals surface area contributed by atoms with E-state index >= 15 is 0 Å². The zero-order valence-electron chi connectivity index (χ0n) is 14.4. The summed E-state index contributed by atoms with van der Waals surface area (Å²) in [5.74, 6) is -0.340. The van der Waals surface area contributed by atoms with Gasteiger partial charge in [-0.05, 0) is 27.7 Å². The molecule has 0 rings (SSSR count). The Morgan fingerprint density at radius 3 is 2.09 bits per heavy atom. The first-order valence-corrected chi connectivity index (χ1v) is 8.38. The van der Waals surface area contributed by atoms with E-state index in [0.717, 1.165) is 17.4 Å². The third-order valence-electron chi connectivity index (χ3n) is 3.82. The lowest BCUT2D eigenvalue weighted by Crippen LogP contribution is -2.56. The summed E-state index contributed by atoms with van der Waals surface area (Å²) in [5, 5.41) is 0. The van der Waals surface area contributed by atoms with E-state index in [4.69, 9.17) is 4.74 Å². The topological polar surface area (TPSA) is 92.7 Å². The summed E-state index contributed by atoms with van der Waals surface area (Å²) in [6.07, 6.45) is 2.06. The smallest absolute Gasteiger partial charge is 0.330 e. The number of nitrogens with zero attached hydrogens (tertiary/aromatic N) is 1. The Bertz CT molecular complexity index is 442. The minimum absolute atomic E-state index is 0.0914. The Balaban J connectivity index is 0. The second-order valence-corrected chi connectivity index (χ2v) is 6.80. The molecule has 0 aliphatic heterocycles. The van der Waals surface area contributed by atoms with E-state index in [-0.39, 0.29) is 18.1 Å². The first-order valence-electron chi connectivity index (χ1n) is 7.05. The monoisotopic (exact) mass is 339 g/mol. The molecule has 0 aliphatic carbocycles. The summed E-state index contributed by atoms with van der Waals surface area (Å²) in [7, 11) is -0.0446. The fourth-order valence-corrected chi connectivity index (χ4v) is 1.62. The zero-order chi connectivity index (χ0) is 18.0. The molecule has 132 valence electrons. The van der Waals surface area contributed by atoms with Crippen molar-refractivity contribution in [3.8, 4) is 0 Å². The van der Waals surface area contributed by atoms with Crippen molar-refractivity contribution in [2.24, 2.45) is 0 Å². The Hall–Kier alpha value is -0.960. The van der Waals surface area contributed by atoms with Crippen LogP contribution in [0.5, 0.6) is 0 Å². The average Bonchev–Trinajstić information content (AvgIpc) is 2.37. The van der Waals surface area contributed by atoms with Gasteiger partial charge in [0.1, 0.15) is 0 Å². The van der Waals surface area contributed by atoms with Crippen LogP contribution in [0, 0.1) is 0 Å². The van der Waals surface area contributed by atoms with E-state index < -0.39 is 10.4 Å². The van der Waals surface area contributed by atoms with Crippen molar-refractivity contribution in [3.63, 3.8) is 0 Å². The number of carbonyl (C=O) groups is 1. The van der Waals surface area contributed by atoms with Gasteiger partial charge in [0.25, 0.3) is 0 Å². The lowest BCUT2D eigenvalue weighted by Gasteiger charge is -2.44. The molecule has 0 radical (unpaired) electrons. The summed E-state index contributed by atoms with van der Waals surface area (Å²) in [5.41, 5.74) is 0.107. The largest absolute Gasteiger partial charge is 0.726 e. The van der Waals surface area contributed by atoms with Crippen LogP contribution in [0.1, 0.15) is 34.1 Å². The Labute approximate surface area is 134 Å². The van der Waals surface area contributed by atoms with Gasteiger partial charge in [-0.3, -0.25) is 4.18 Å².